The van der Waals surface area contributed by atoms with Gasteiger partial charge in [0, 0.05) is 66.5 Å². The van der Waals surface area contributed by atoms with E-state index in [1.54, 1.807) is 117 Å². The third-order valence-electron chi connectivity index (χ3n) is 8.32. The van der Waals surface area contributed by atoms with Crippen LogP contribution < -0.4 is 9.80 Å². The van der Waals surface area contributed by atoms with E-state index < -0.39 is 47.2 Å². The lowest BCUT2D eigenvalue weighted by Gasteiger charge is -2.21. The molecule has 0 saturated heterocycles. The van der Waals surface area contributed by atoms with Crippen LogP contribution in [-0.2, 0) is 42.9 Å². The number of rotatable bonds is 8. The van der Waals surface area contributed by atoms with Crippen molar-refractivity contribution in [2.45, 2.75) is 93.8 Å². The maximum atomic E-state index is 12.5. The molecule has 0 aliphatic heterocycles. The van der Waals surface area contributed by atoms with Gasteiger partial charge in [-0.25, -0.2) is 0 Å². The molecule has 6 aromatic rings. The molecule has 0 saturated carbocycles. The molecule has 0 atom stereocenters. The third kappa shape index (κ3) is 12.5. The maximum absolute atomic E-state index is 12.5. The van der Waals surface area contributed by atoms with E-state index in [2.05, 4.69) is 0 Å². The SMILES string of the molecule is CC(C)(C)OS(=O)(=O)c1cccc2ccccc12.CN(C)c1cccc2c(S(=O)(=O)OC(C)(C)C)cccc12.CN(C)c1cccc2c(S(=O)(=O)OC(C)(C)C)cccc12. The molecule has 0 amide bonds. The van der Waals surface area contributed by atoms with E-state index in [1.165, 1.54) is 0 Å². The van der Waals surface area contributed by atoms with Gasteiger partial charge in [0.25, 0.3) is 30.4 Å². The van der Waals surface area contributed by atoms with Crippen LogP contribution in [0.5, 0.6) is 0 Å². The van der Waals surface area contributed by atoms with Crippen LogP contribution in [0, 0.1) is 0 Å². The van der Waals surface area contributed by atoms with Crippen molar-refractivity contribution in [2.24, 2.45) is 0 Å². The summed E-state index contributed by atoms with van der Waals surface area (Å²) in [5.41, 5.74) is -0.323. The minimum atomic E-state index is -3.81. The molecule has 6 aromatic carbocycles. The molecule has 0 spiro atoms. The topological polar surface area (TPSA) is 137 Å². The van der Waals surface area contributed by atoms with Gasteiger partial charge in [0.05, 0.1) is 16.8 Å². The van der Waals surface area contributed by atoms with E-state index in [0.29, 0.717) is 16.2 Å². The van der Waals surface area contributed by atoms with Gasteiger partial charge in [-0.2, -0.15) is 25.3 Å². The lowest BCUT2D eigenvalue weighted by molar-refractivity contribution is 0.139. The predicted octanol–water partition coefficient (Wildman–Crippen LogP) is 10.2. The van der Waals surface area contributed by atoms with Gasteiger partial charge < -0.3 is 9.80 Å². The van der Waals surface area contributed by atoms with Gasteiger partial charge in [0.1, 0.15) is 14.7 Å². The first-order chi connectivity index (χ1) is 27.5. The lowest BCUT2D eigenvalue weighted by atomic mass is 10.1. The second kappa shape index (κ2) is 18.2. The van der Waals surface area contributed by atoms with Gasteiger partial charge in [-0.1, -0.05) is 84.9 Å². The molecule has 0 bridgehead atoms. The molecule has 0 aliphatic carbocycles. The highest BCUT2D eigenvalue weighted by atomic mass is 32.2. The molecule has 60 heavy (non-hydrogen) atoms. The largest absolute Gasteiger partial charge is 0.377 e. The zero-order chi connectivity index (χ0) is 45.1. The zero-order valence-corrected chi connectivity index (χ0v) is 39.2. The Balaban J connectivity index is 0.000000199. The maximum Gasteiger partial charge on any atom is 0.298 e. The van der Waals surface area contributed by atoms with Gasteiger partial charge in [-0.05, 0) is 98.0 Å². The van der Waals surface area contributed by atoms with Crippen molar-refractivity contribution < 1.29 is 37.8 Å². The number of hydrogen-bond acceptors (Lipinski definition) is 11. The van der Waals surface area contributed by atoms with Crippen molar-refractivity contribution in [1.82, 2.24) is 0 Å². The predicted molar refractivity (Wildman–Crippen MR) is 245 cm³/mol. The molecule has 11 nitrogen and oxygen atoms in total. The number of benzene rings is 6. The fourth-order valence-corrected chi connectivity index (χ4v) is 10.6. The lowest BCUT2D eigenvalue weighted by Crippen LogP contribution is -2.24. The molecule has 6 rings (SSSR count). The molecular formula is C46H58N2O9S3. The summed E-state index contributed by atoms with van der Waals surface area (Å²) < 4.78 is 90.3. The summed E-state index contributed by atoms with van der Waals surface area (Å²) in [5.74, 6) is 0. The first-order valence-corrected chi connectivity index (χ1v) is 23.5. The molecule has 0 heterocycles. The van der Waals surface area contributed by atoms with Gasteiger partial charge in [-0.15, -0.1) is 0 Å². The van der Waals surface area contributed by atoms with E-state index in [0.717, 1.165) is 27.5 Å². The van der Waals surface area contributed by atoms with Crippen molar-refractivity contribution in [3.05, 3.63) is 115 Å². The molecular weight excluding hydrogens is 821 g/mol. The standard InChI is InChI=1S/2C16H21NO3S.C14H16O3S/c2*1-16(2,3)20-21(18,19)15-11-7-8-12-13(15)9-6-10-14(12)17(4)5;1-14(2,3)17-18(15,16)13-10-6-8-11-7-4-5-9-12(11)13/h2*6-11H,1-5H3;4-10H,1-3H3. The van der Waals surface area contributed by atoms with Gasteiger partial charge >= 0.3 is 0 Å². The van der Waals surface area contributed by atoms with Crippen molar-refractivity contribution in [2.75, 3.05) is 38.0 Å². The highest BCUT2D eigenvalue weighted by Gasteiger charge is 2.28. The Morgan fingerprint density at radius 1 is 0.350 bits per heavy atom. The summed E-state index contributed by atoms with van der Waals surface area (Å²) >= 11 is 0. The van der Waals surface area contributed by atoms with E-state index in [4.69, 9.17) is 12.5 Å². The Morgan fingerprint density at radius 3 is 0.967 bits per heavy atom. The molecule has 0 unspecified atom stereocenters. The Kier molecular flexibility index (Phi) is 14.6. The van der Waals surface area contributed by atoms with Crippen molar-refractivity contribution in [1.29, 1.82) is 0 Å². The van der Waals surface area contributed by atoms with Gasteiger partial charge in [-0.3, -0.25) is 12.5 Å². The van der Waals surface area contributed by atoms with Gasteiger partial charge in [0.15, 0.2) is 0 Å². The average molecular weight is 879 g/mol. The quantitative estimate of drug-likeness (QED) is 0.135. The number of anilines is 2. The Bertz CT molecular complexity index is 2660. The Labute approximate surface area is 357 Å². The van der Waals surface area contributed by atoms with Crippen LogP contribution in [0.25, 0.3) is 32.3 Å². The van der Waals surface area contributed by atoms with Crippen LogP contribution in [0.4, 0.5) is 11.4 Å². The molecule has 324 valence electrons. The van der Waals surface area contributed by atoms with Crippen molar-refractivity contribution in [3.8, 4) is 0 Å². The normalized spacial score (nSPS) is 12.7. The van der Waals surface area contributed by atoms with Crippen LogP contribution in [0.15, 0.2) is 130 Å². The molecule has 14 heteroatoms. The minimum absolute atomic E-state index is 0.207. The monoisotopic (exact) mass is 878 g/mol. The summed E-state index contributed by atoms with van der Waals surface area (Å²) in [6.45, 7) is 15.5. The van der Waals surface area contributed by atoms with Crippen LogP contribution in [0.1, 0.15) is 62.3 Å². The molecule has 0 aromatic heterocycles. The Hall–Kier alpha value is -4.57. The van der Waals surface area contributed by atoms with E-state index in [9.17, 15) is 25.3 Å². The molecule has 0 N–H and O–H groups in total. The first-order valence-electron chi connectivity index (χ1n) is 19.3. The summed E-state index contributed by atoms with van der Waals surface area (Å²) in [4.78, 5) is 4.56. The van der Waals surface area contributed by atoms with Crippen LogP contribution in [0.2, 0.25) is 0 Å². The molecule has 0 aliphatic rings. The first kappa shape index (κ1) is 48.1. The second-order valence-electron chi connectivity index (χ2n) is 17.5. The van der Waals surface area contributed by atoms with Crippen LogP contribution >= 0.6 is 0 Å². The van der Waals surface area contributed by atoms with Crippen LogP contribution in [-0.4, -0.2) is 70.2 Å². The molecule has 0 radical (unpaired) electrons. The second-order valence-corrected chi connectivity index (χ2v) is 22.0. The van der Waals surface area contributed by atoms with Gasteiger partial charge in [0.2, 0.25) is 0 Å². The summed E-state index contributed by atoms with van der Waals surface area (Å²) in [5, 5.41) is 4.70. The number of hydrogen-bond donors (Lipinski definition) is 0. The zero-order valence-electron chi connectivity index (χ0n) is 36.8. The number of nitrogens with zero attached hydrogens (tertiary/aromatic N) is 2. The highest BCUT2D eigenvalue weighted by Crippen LogP contribution is 2.34. The van der Waals surface area contributed by atoms with Crippen molar-refractivity contribution >= 4 is 74.0 Å². The molecule has 0 fully saturated rings. The highest BCUT2D eigenvalue weighted by molar-refractivity contribution is 7.87. The van der Waals surface area contributed by atoms with E-state index >= 15 is 0 Å². The summed E-state index contributed by atoms with van der Waals surface area (Å²) in [6, 6.07) is 34.3. The summed E-state index contributed by atoms with van der Waals surface area (Å²) in [7, 11) is -3.63. The Morgan fingerprint density at radius 2 is 0.617 bits per heavy atom. The summed E-state index contributed by atoms with van der Waals surface area (Å²) in [6.07, 6.45) is 0. The smallest absolute Gasteiger partial charge is 0.298 e. The van der Waals surface area contributed by atoms with Crippen LogP contribution in [0.3, 0.4) is 0 Å². The number of fused-ring (bicyclic) bond motifs is 3. The van der Waals surface area contributed by atoms with Crippen molar-refractivity contribution in [3.63, 3.8) is 0 Å². The fraction of sp³-hybridized carbons (Fsp3) is 0.348. The minimum Gasteiger partial charge on any atom is -0.377 e. The third-order valence-corrected chi connectivity index (χ3v) is 13.2. The van der Waals surface area contributed by atoms with E-state index in [1.807, 2.05) is 98.7 Å². The van der Waals surface area contributed by atoms with E-state index in [-0.39, 0.29) is 14.7 Å². The fourth-order valence-electron chi connectivity index (χ4n) is 6.28. The average Bonchev–Trinajstić information content (AvgIpc) is 3.11.